The number of likely N-dealkylation sites (tertiary alicyclic amines) is 1. The van der Waals surface area contributed by atoms with Gasteiger partial charge in [-0.15, -0.1) is 0 Å². The first-order chi connectivity index (χ1) is 10.0. The lowest BCUT2D eigenvalue weighted by Crippen LogP contribution is -2.43. The molecule has 0 unspecified atom stereocenters. The summed E-state index contributed by atoms with van der Waals surface area (Å²) in [5, 5.41) is 27.4. The molecule has 21 heavy (non-hydrogen) atoms. The fourth-order valence-corrected chi connectivity index (χ4v) is 2.23. The zero-order chi connectivity index (χ0) is 15.4. The van der Waals surface area contributed by atoms with Crippen molar-refractivity contribution in [2.24, 2.45) is 0 Å². The molecule has 2 rings (SSSR count). The van der Waals surface area contributed by atoms with Gasteiger partial charge in [-0.3, -0.25) is 4.79 Å². The summed E-state index contributed by atoms with van der Waals surface area (Å²) in [6, 6.07) is 7.35. The Hall–Kier alpha value is -2.59. The highest BCUT2D eigenvalue weighted by molar-refractivity contribution is 5.85. The maximum atomic E-state index is 12.0. The van der Waals surface area contributed by atoms with Crippen molar-refractivity contribution in [2.45, 2.75) is 18.6 Å². The molecule has 1 heterocycles. The van der Waals surface area contributed by atoms with Crippen LogP contribution in [0.25, 0.3) is 0 Å². The minimum Gasteiger partial charge on any atom is -0.482 e. The Balaban J connectivity index is 2.02. The van der Waals surface area contributed by atoms with Crippen molar-refractivity contribution in [1.29, 1.82) is 5.26 Å². The van der Waals surface area contributed by atoms with Crippen molar-refractivity contribution >= 4 is 11.9 Å². The molecule has 0 aliphatic carbocycles. The summed E-state index contributed by atoms with van der Waals surface area (Å²) in [7, 11) is 0. The van der Waals surface area contributed by atoms with Gasteiger partial charge in [-0.25, -0.2) is 4.79 Å². The van der Waals surface area contributed by atoms with Crippen molar-refractivity contribution in [3.8, 4) is 11.8 Å². The first-order valence-electron chi connectivity index (χ1n) is 6.35. The fourth-order valence-electron chi connectivity index (χ4n) is 2.23. The van der Waals surface area contributed by atoms with E-state index in [1.54, 1.807) is 24.3 Å². The Morgan fingerprint density at radius 2 is 2.14 bits per heavy atom. The molecule has 1 aromatic rings. The third-order valence-electron chi connectivity index (χ3n) is 3.24. The van der Waals surface area contributed by atoms with Gasteiger partial charge < -0.3 is 19.8 Å². The number of benzene rings is 1. The number of aliphatic carboxylic acids is 1. The molecule has 0 aromatic heterocycles. The number of aliphatic hydroxyl groups is 1. The number of hydrogen-bond acceptors (Lipinski definition) is 5. The molecular formula is C14H14N2O5. The van der Waals surface area contributed by atoms with Crippen LogP contribution in [0.3, 0.4) is 0 Å². The maximum Gasteiger partial charge on any atom is 0.326 e. The van der Waals surface area contributed by atoms with Crippen LogP contribution in [0, 0.1) is 11.3 Å². The van der Waals surface area contributed by atoms with E-state index in [2.05, 4.69) is 0 Å². The predicted octanol–water partition coefficient (Wildman–Crippen LogP) is -0.0165. The largest absolute Gasteiger partial charge is 0.482 e. The number of aliphatic hydroxyl groups excluding tert-OH is 1. The number of carbonyl (C=O) groups is 2. The SMILES string of the molecule is N#Cc1ccccc1OCC(=O)N1C[C@H](O)C[C@H]1C(=O)O. The van der Waals surface area contributed by atoms with Gasteiger partial charge in [-0.2, -0.15) is 5.26 Å². The maximum absolute atomic E-state index is 12.0. The van der Waals surface area contributed by atoms with E-state index in [0.29, 0.717) is 5.56 Å². The first-order valence-corrected chi connectivity index (χ1v) is 6.35. The highest BCUT2D eigenvalue weighted by Crippen LogP contribution is 2.20. The van der Waals surface area contributed by atoms with Crippen LogP contribution in [0.1, 0.15) is 12.0 Å². The molecule has 2 N–H and O–H groups in total. The molecule has 7 heteroatoms. The second kappa shape index (κ2) is 6.24. The summed E-state index contributed by atoms with van der Waals surface area (Å²) in [5.41, 5.74) is 0.293. The van der Waals surface area contributed by atoms with Gasteiger partial charge in [0.2, 0.25) is 0 Å². The van der Waals surface area contributed by atoms with Crippen LogP contribution < -0.4 is 4.74 Å². The van der Waals surface area contributed by atoms with Crippen molar-refractivity contribution in [1.82, 2.24) is 4.90 Å². The molecule has 1 aromatic carbocycles. The standard InChI is InChI=1S/C14H14N2O5/c15-6-9-3-1-2-4-12(9)21-8-13(18)16-7-10(17)5-11(16)14(19)20/h1-4,10-11,17H,5,7-8H2,(H,19,20)/t10-,11+/m1/s1. The number of carbonyl (C=O) groups excluding carboxylic acids is 1. The summed E-state index contributed by atoms with van der Waals surface area (Å²) in [6.45, 7) is -0.408. The summed E-state index contributed by atoms with van der Waals surface area (Å²) in [6.07, 6.45) is -0.836. The van der Waals surface area contributed by atoms with Crippen molar-refractivity contribution in [2.75, 3.05) is 13.2 Å². The van der Waals surface area contributed by atoms with Crippen LogP contribution in [-0.4, -0.2) is 52.3 Å². The Bertz CT molecular complexity index is 595. The van der Waals surface area contributed by atoms with E-state index in [0.717, 1.165) is 4.90 Å². The Labute approximate surface area is 121 Å². The number of ether oxygens (including phenoxy) is 1. The molecule has 1 aliphatic heterocycles. The van der Waals surface area contributed by atoms with E-state index in [1.807, 2.05) is 6.07 Å². The number of nitrogens with zero attached hydrogens (tertiary/aromatic N) is 2. The number of β-amino-alcohol motifs (C(OH)–C–C–N with tert-alkyl or cyclic N) is 1. The van der Waals surface area contributed by atoms with Gasteiger partial charge in [0.1, 0.15) is 17.9 Å². The van der Waals surface area contributed by atoms with Crippen LogP contribution in [-0.2, 0) is 9.59 Å². The predicted molar refractivity (Wildman–Crippen MR) is 70.4 cm³/mol. The summed E-state index contributed by atoms with van der Waals surface area (Å²) in [4.78, 5) is 24.2. The Morgan fingerprint density at radius 3 is 2.81 bits per heavy atom. The summed E-state index contributed by atoms with van der Waals surface area (Å²) >= 11 is 0. The van der Waals surface area contributed by atoms with Crippen LogP contribution in [0.4, 0.5) is 0 Å². The third-order valence-corrected chi connectivity index (χ3v) is 3.24. The fraction of sp³-hybridized carbons (Fsp3) is 0.357. The topological polar surface area (TPSA) is 111 Å². The molecule has 0 bridgehead atoms. The van der Waals surface area contributed by atoms with E-state index < -0.39 is 24.0 Å². The van der Waals surface area contributed by atoms with Gasteiger partial charge in [0.25, 0.3) is 5.91 Å². The number of para-hydroxylation sites is 1. The average molecular weight is 290 g/mol. The van der Waals surface area contributed by atoms with Gasteiger partial charge in [0, 0.05) is 13.0 Å². The third kappa shape index (κ3) is 3.30. The average Bonchev–Trinajstić information content (AvgIpc) is 2.87. The number of carboxylic acid groups (broad SMARTS) is 1. The molecule has 1 fully saturated rings. The lowest BCUT2D eigenvalue weighted by molar-refractivity contribution is -0.148. The number of rotatable bonds is 4. The zero-order valence-electron chi connectivity index (χ0n) is 11.1. The molecule has 1 amide bonds. The molecule has 2 atom stereocenters. The summed E-state index contributed by atoms with van der Waals surface area (Å²) in [5.74, 6) is -1.43. The smallest absolute Gasteiger partial charge is 0.326 e. The number of hydrogen-bond donors (Lipinski definition) is 2. The molecule has 0 saturated carbocycles. The van der Waals surface area contributed by atoms with Gasteiger partial charge in [-0.1, -0.05) is 12.1 Å². The quantitative estimate of drug-likeness (QED) is 0.806. The number of nitriles is 1. The van der Waals surface area contributed by atoms with E-state index in [-0.39, 0.29) is 25.3 Å². The van der Waals surface area contributed by atoms with E-state index >= 15 is 0 Å². The van der Waals surface area contributed by atoms with Crippen molar-refractivity contribution in [3.05, 3.63) is 29.8 Å². The van der Waals surface area contributed by atoms with Crippen molar-refractivity contribution in [3.63, 3.8) is 0 Å². The molecule has 110 valence electrons. The minimum atomic E-state index is -1.16. The van der Waals surface area contributed by atoms with E-state index in [1.165, 1.54) is 0 Å². The van der Waals surface area contributed by atoms with Crippen LogP contribution in [0.15, 0.2) is 24.3 Å². The van der Waals surface area contributed by atoms with E-state index in [9.17, 15) is 14.7 Å². The van der Waals surface area contributed by atoms with Gasteiger partial charge in [0.15, 0.2) is 6.61 Å². The lowest BCUT2D eigenvalue weighted by Gasteiger charge is -2.21. The number of amides is 1. The summed E-state index contributed by atoms with van der Waals surface area (Å²) < 4.78 is 5.28. The minimum absolute atomic E-state index is 0.00978. The van der Waals surface area contributed by atoms with Crippen LogP contribution >= 0.6 is 0 Å². The lowest BCUT2D eigenvalue weighted by atomic mass is 10.2. The Morgan fingerprint density at radius 1 is 1.43 bits per heavy atom. The first kappa shape index (κ1) is 14.8. The second-order valence-electron chi connectivity index (χ2n) is 4.69. The highest BCUT2D eigenvalue weighted by Gasteiger charge is 2.38. The molecule has 7 nitrogen and oxygen atoms in total. The monoisotopic (exact) mass is 290 g/mol. The van der Waals surface area contributed by atoms with Crippen molar-refractivity contribution < 1.29 is 24.5 Å². The van der Waals surface area contributed by atoms with Gasteiger partial charge >= 0.3 is 5.97 Å². The van der Waals surface area contributed by atoms with Crippen LogP contribution in [0.5, 0.6) is 5.75 Å². The normalized spacial score (nSPS) is 20.9. The molecule has 1 saturated heterocycles. The highest BCUT2D eigenvalue weighted by atomic mass is 16.5. The van der Waals surface area contributed by atoms with Crippen LogP contribution in [0.2, 0.25) is 0 Å². The van der Waals surface area contributed by atoms with Gasteiger partial charge in [0.05, 0.1) is 11.7 Å². The van der Waals surface area contributed by atoms with E-state index in [4.69, 9.17) is 15.1 Å². The second-order valence-corrected chi connectivity index (χ2v) is 4.69. The molecule has 1 aliphatic rings. The molecule has 0 radical (unpaired) electrons. The molecule has 0 spiro atoms. The zero-order valence-corrected chi connectivity index (χ0v) is 11.1. The molecular weight excluding hydrogens is 276 g/mol. The van der Waals surface area contributed by atoms with Gasteiger partial charge in [-0.05, 0) is 12.1 Å². The Kier molecular flexibility index (Phi) is 4.40. The number of carboxylic acids is 1.